The van der Waals surface area contributed by atoms with Crippen LogP contribution in [0.2, 0.25) is 0 Å². The van der Waals surface area contributed by atoms with Crippen LogP contribution in [0.25, 0.3) is 22.4 Å². The number of rotatable bonds is 7. The minimum absolute atomic E-state index is 0.0718. The lowest BCUT2D eigenvalue weighted by Gasteiger charge is -2.29. The summed E-state index contributed by atoms with van der Waals surface area (Å²) in [6, 6.07) is 14.4. The molecule has 1 aliphatic heterocycles. The van der Waals surface area contributed by atoms with Gasteiger partial charge in [0.2, 0.25) is 5.82 Å². The van der Waals surface area contributed by atoms with Gasteiger partial charge in [-0.25, -0.2) is 4.39 Å². The Morgan fingerprint density at radius 1 is 0.938 bits per heavy atom. The molecule has 4 rings (SSSR count). The maximum absolute atomic E-state index is 14.5. The van der Waals surface area contributed by atoms with Crippen molar-refractivity contribution in [3.8, 4) is 28.1 Å². The number of aromatic nitrogens is 1. The zero-order chi connectivity index (χ0) is 22.5. The van der Waals surface area contributed by atoms with Gasteiger partial charge in [-0.3, -0.25) is 4.98 Å². The van der Waals surface area contributed by atoms with Crippen molar-refractivity contribution in [2.45, 2.75) is 45.6 Å². The molecule has 2 heterocycles. The molecular weight excluding hydrogens is 408 g/mol. The Kier molecular flexibility index (Phi) is 7.15. The highest BCUT2D eigenvalue weighted by Gasteiger charge is 2.22. The first-order valence-electron chi connectivity index (χ1n) is 11.4. The number of hydrogen-bond acceptors (Lipinski definition) is 3. The standard InChI is InChI=1S/C27H29F2NO2/c1-3-5-18-6-14-24(32-17-18)21-11-13-23(30-16-21)20-9-7-19(8-10-20)22-12-15-25(31-4-2)27(29)26(22)28/h7-13,15-16,18,24H,3-6,14,17H2,1-2H3. The van der Waals surface area contributed by atoms with Gasteiger partial charge in [0.1, 0.15) is 0 Å². The fraction of sp³-hybridized carbons (Fsp3) is 0.370. The lowest BCUT2D eigenvalue weighted by atomic mass is 9.92. The van der Waals surface area contributed by atoms with Gasteiger partial charge in [-0.15, -0.1) is 0 Å². The molecule has 1 fully saturated rings. The molecule has 0 amide bonds. The second kappa shape index (κ2) is 10.2. The highest BCUT2D eigenvalue weighted by atomic mass is 19.2. The summed E-state index contributed by atoms with van der Waals surface area (Å²) in [5.74, 6) is -1.26. The molecule has 1 aromatic heterocycles. The van der Waals surface area contributed by atoms with Crippen LogP contribution >= 0.6 is 0 Å². The van der Waals surface area contributed by atoms with E-state index < -0.39 is 11.6 Å². The Morgan fingerprint density at radius 3 is 2.34 bits per heavy atom. The first-order valence-corrected chi connectivity index (χ1v) is 11.4. The second-order valence-electron chi connectivity index (χ2n) is 8.28. The summed E-state index contributed by atoms with van der Waals surface area (Å²) in [5.41, 5.74) is 3.66. The summed E-state index contributed by atoms with van der Waals surface area (Å²) in [6.07, 6.45) is 6.66. The van der Waals surface area contributed by atoms with Gasteiger partial charge in [0.15, 0.2) is 11.6 Å². The largest absolute Gasteiger partial charge is 0.491 e. The topological polar surface area (TPSA) is 31.4 Å². The fourth-order valence-corrected chi connectivity index (χ4v) is 4.31. The van der Waals surface area contributed by atoms with Crippen LogP contribution in [0, 0.1) is 17.6 Å². The number of ether oxygens (including phenoxy) is 2. The van der Waals surface area contributed by atoms with E-state index in [-0.39, 0.29) is 24.0 Å². The van der Waals surface area contributed by atoms with E-state index in [0.29, 0.717) is 11.5 Å². The monoisotopic (exact) mass is 437 g/mol. The number of pyridine rings is 1. The minimum Gasteiger partial charge on any atom is -0.491 e. The number of nitrogens with zero attached hydrogens (tertiary/aromatic N) is 1. The molecule has 2 unspecified atom stereocenters. The van der Waals surface area contributed by atoms with Crippen molar-refractivity contribution in [2.75, 3.05) is 13.2 Å². The summed E-state index contributed by atoms with van der Waals surface area (Å²) < 4.78 is 39.9. The number of benzene rings is 2. The number of hydrogen-bond donors (Lipinski definition) is 0. The molecular formula is C27H29F2NO2. The van der Waals surface area contributed by atoms with Crippen LogP contribution in [-0.2, 0) is 4.74 Å². The normalized spacial score (nSPS) is 18.5. The molecule has 32 heavy (non-hydrogen) atoms. The molecule has 0 aliphatic carbocycles. The van der Waals surface area contributed by atoms with E-state index in [1.54, 1.807) is 25.1 Å². The predicted molar refractivity (Wildman–Crippen MR) is 123 cm³/mol. The molecule has 0 bridgehead atoms. The Bertz CT molecular complexity index is 1030. The van der Waals surface area contributed by atoms with Crippen LogP contribution in [0.5, 0.6) is 5.75 Å². The van der Waals surface area contributed by atoms with Crippen LogP contribution in [0.4, 0.5) is 8.78 Å². The van der Waals surface area contributed by atoms with Gasteiger partial charge in [-0.05, 0) is 61.4 Å². The molecule has 0 N–H and O–H groups in total. The molecule has 1 saturated heterocycles. The molecule has 2 atom stereocenters. The SMILES string of the molecule is CCCC1CCC(c2ccc(-c3ccc(-c4ccc(OCC)c(F)c4F)cc3)nc2)OC1. The average Bonchev–Trinajstić information content (AvgIpc) is 2.83. The smallest absolute Gasteiger partial charge is 0.201 e. The van der Waals surface area contributed by atoms with E-state index in [2.05, 4.69) is 18.0 Å². The summed E-state index contributed by atoms with van der Waals surface area (Å²) >= 11 is 0. The molecule has 0 spiro atoms. The van der Waals surface area contributed by atoms with Crippen LogP contribution in [0.15, 0.2) is 54.7 Å². The van der Waals surface area contributed by atoms with E-state index >= 15 is 0 Å². The van der Waals surface area contributed by atoms with Gasteiger partial charge in [0, 0.05) is 17.3 Å². The Hall–Kier alpha value is -2.79. The minimum atomic E-state index is -0.961. The van der Waals surface area contributed by atoms with Gasteiger partial charge in [-0.1, -0.05) is 43.7 Å². The van der Waals surface area contributed by atoms with E-state index in [1.165, 1.54) is 25.3 Å². The van der Waals surface area contributed by atoms with E-state index in [1.807, 2.05) is 24.4 Å². The van der Waals surface area contributed by atoms with Gasteiger partial charge in [0.05, 0.1) is 25.0 Å². The van der Waals surface area contributed by atoms with Crippen molar-refractivity contribution in [2.24, 2.45) is 5.92 Å². The molecule has 3 nitrogen and oxygen atoms in total. The quantitative estimate of drug-likeness (QED) is 0.387. The molecule has 0 saturated carbocycles. The Morgan fingerprint density at radius 2 is 1.72 bits per heavy atom. The summed E-state index contributed by atoms with van der Waals surface area (Å²) in [5, 5.41) is 0. The first-order chi connectivity index (χ1) is 15.6. The average molecular weight is 438 g/mol. The first kappa shape index (κ1) is 22.4. The van der Waals surface area contributed by atoms with Gasteiger partial charge >= 0.3 is 0 Å². The lowest BCUT2D eigenvalue weighted by Crippen LogP contribution is -2.20. The Balaban J connectivity index is 1.46. The second-order valence-corrected chi connectivity index (χ2v) is 8.28. The molecule has 0 radical (unpaired) electrons. The fourth-order valence-electron chi connectivity index (χ4n) is 4.31. The molecule has 2 aromatic carbocycles. The van der Waals surface area contributed by atoms with Gasteiger partial charge in [-0.2, -0.15) is 4.39 Å². The third-order valence-electron chi connectivity index (χ3n) is 6.06. The van der Waals surface area contributed by atoms with Crippen molar-refractivity contribution in [1.29, 1.82) is 0 Å². The van der Waals surface area contributed by atoms with Crippen molar-refractivity contribution in [3.63, 3.8) is 0 Å². The predicted octanol–water partition coefficient (Wildman–Crippen LogP) is 7.36. The highest BCUT2D eigenvalue weighted by molar-refractivity contribution is 5.70. The van der Waals surface area contributed by atoms with Gasteiger partial charge in [0.25, 0.3) is 0 Å². The summed E-state index contributed by atoms with van der Waals surface area (Å²) in [7, 11) is 0. The maximum atomic E-state index is 14.5. The molecule has 3 aromatic rings. The van der Waals surface area contributed by atoms with Crippen molar-refractivity contribution in [3.05, 3.63) is 71.9 Å². The molecule has 168 valence electrons. The van der Waals surface area contributed by atoms with E-state index in [0.717, 1.165) is 29.8 Å². The summed E-state index contributed by atoms with van der Waals surface area (Å²) in [6.45, 7) is 5.05. The van der Waals surface area contributed by atoms with Crippen LogP contribution in [0.1, 0.15) is 51.2 Å². The summed E-state index contributed by atoms with van der Waals surface area (Å²) in [4.78, 5) is 4.62. The molecule has 1 aliphatic rings. The third kappa shape index (κ3) is 4.83. The Labute approximate surface area is 188 Å². The van der Waals surface area contributed by atoms with Crippen LogP contribution < -0.4 is 4.74 Å². The maximum Gasteiger partial charge on any atom is 0.201 e. The third-order valence-corrected chi connectivity index (χ3v) is 6.06. The van der Waals surface area contributed by atoms with Crippen LogP contribution in [-0.4, -0.2) is 18.2 Å². The molecule has 5 heteroatoms. The van der Waals surface area contributed by atoms with Gasteiger partial charge < -0.3 is 9.47 Å². The van der Waals surface area contributed by atoms with Crippen molar-refractivity contribution < 1.29 is 18.3 Å². The van der Waals surface area contributed by atoms with Crippen molar-refractivity contribution in [1.82, 2.24) is 4.98 Å². The van der Waals surface area contributed by atoms with Crippen molar-refractivity contribution >= 4 is 0 Å². The van der Waals surface area contributed by atoms with E-state index in [4.69, 9.17) is 9.47 Å². The lowest BCUT2D eigenvalue weighted by molar-refractivity contribution is -0.0196. The number of halogens is 2. The van der Waals surface area contributed by atoms with E-state index in [9.17, 15) is 8.78 Å². The zero-order valence-electron chi connectivity index (χ0n) is 18.6. The van der Waals surface area contributed by atoms with Crippen LogP contribution in [0.3, 0.4) is 0 Å². The zero-order valence-corrected chi connectivity index (χ0v) is 18.6. The highest BCUT2D eigenvalue weighted by Crippen LogP contribution is 2.34.